The molecule has 0 aliphatic carbocycles. The highest BCUT2D eigenvalue weighted by molar-refractivity contribution is 9.10. The fraction of sp³-hybridized carbons (Fsp3) is 0. The molecule has 33 heavy (non-hydrogen) atoms. The molecule has 0 saturated heterocycles. The zero-order valence-electron chi connectivity index (χ0n) is 28.2. The molecule has 0 atom stereocenters. The lowest BCUT2D eigenvalue weighted by molar-refractivity contribution is 1.58. The van der Waals surface area contributed by atoms with Gasteiger partial charge in [0.1, 0.15) is 0 Å². The van der Waals surface area contributed by atoms with E-state index in [4.69, 9.17) is 11.0 Å². The van der Waals surface area contributed by atoms with E-state index in [1.807, 2.05) is 0 Å². The molecule has 6 aromatic rings. The van der Waals surface area contributed by atoms with Crippen LogP contribution in [0.15, 0.2) is 132 Å². The Morgan fingerprint density at radius 2 is 0.848 bits per heavy atom. The van der Waals surface area contributed by atoms with Crippen molar-refractivity contribution in [3.8, 4) is 33.4 Å². The normalized spacial score (nSPS) is 15.8. The van der Waals surface area contributed by atoms with Crippen LogP contribution in [0.4, 0.5) is 0 Å². The first-order valence-electron chi connectivity index (χ1n) is 15.8. The molecule has 0 N–H and O–H groups in total. The van der Waals surface area contributed by atoms with Crippen LogP contribution >= 0.6 is 15.9 Å². The second-order valence-corrected chi connectivity index (χ2v) is 8.21. The minimum Gasteiger partial charge on any atom is -0.0622 e. The number of hydrogen-bond donors (Lipinski definition) is 0. The minimum atomic E-state index is -0.572. The van der Waals surface area contributed by atoms with Gasteiger partial charge in [-0.2, -0.15) is 0 Å². The second-order valence-electron chi connectivity index (χ2n) is 7.42. The summed E-state index contributed by atoms with van der Waals surface area (Å²) in [7, 11) is 0. The summed E-state index contributed by atoms with van der Waals surface area (Å²) in [6, 6.07) is 12.8. The van der Waals surface area contributed by atoms with Gasteiger partial charge in [-0.15, -0.1) is 0 Å². The van der Waals surface area contributed by atoms with Crippen molar-refractivity contribution < 1.29 is 15.1 Å². The van der Waals surface area contributed by atoms with E-state index in [9.17, 15) is 4.11 Å². The van der Waals surface area contributed by atoms with Crippen molar-refractivity contribution in [1.82, 2.24) is 0 Å². The molecule has 0 saturated carbocycles. The lowest BCUT2D eigenvalue weighted by atomic mass is 9.88. The predicted molar refractivity (Wildman–Crippen MR) is 145 cm³/mol. The largest absolute Gasteiger partial charge is 0.0636 e. The zero-order chi connectivity index (χ0) is 31.8. The SMILES string of the molecule is [2H]c1c(-c2ccccc2)c([2H])c(-c2c3c([2H])c([2H])c([2H])c([2H])c3c(Br)c3c([2H])c([2H])c([2H])c([2H])c23)c([2H])c1-c1ccccc1. The maximum Gasteiger partial charge on any atom is 0.0636 e. The van der Waals surface area contributed by atoms with Gasteiger partial charge in [-0.25, -0.2) is 0 Å². The van der Waals surface area contributed by atoms with Crippen LogP contribution in [0.25, 0.3) is 54.9 Å². The van der Waals surface area contributed by atoms with Crippen molar-refractivity contribution in [2.24, 2.45) is 0 Å². The highest BCUT2D eigenvalue weighted by atomic mass is 79.9. The molecule has 0 aromatic heterocycles. The summed E-state index contributed by atoms with van der Waals surface area (Å²) in [5.41, 5.74) is 1.14. The van der Waals surface area contributed by atoms with E-state index < -0.39 is 48.3 Å². The van der Waals surface area contributed by atoms with Crippen LogP contribution in [0.3, 0.4) is 0 Å². The summed E-state index contributed by atoms with van der Waals surface area (Å²) in [5.74, 6) is 0. The lowest BCUT2D eigenvalue weighted by Gasteiger charge is -2.17. The smallest absolute Gasteiger partial charge is 0.0622 e. The third kappa shape index (κ3) is 3.55. The average Bonchev–Trinajstić information content (AvgIpc) is 3.01. The van der Waals surface area contributed by atoms with Gasteiger partial charge < -0.3 is 0 Å². The summed E-state index contributed by atoms with van der Waals surface area (Å²) in [6.45, 7) is 0. The Labute approximate surface area is 217 Å². The quantitative estimate of drug-likeness (QED) is 0.214. The molecule has 0 aliphatic heterocycles. The molecular formula is C32H21Br. The Bertz CT molecular complexity index is 2030. The van der Waals surface area contributed by atoms with E-state index in [2.05, 4.69) is 15.9 Å². The maximum atomic E-state index is 9.47. The Kier molecular flexibility index (Phi) is 2.90. The van der Waals surface area contributed by atoms with Gasteiger partial charge in [0.05, 0.1) is 15.1 Å². The highest BCUT2D eigenvalue weighted by Gasteiger charge is 2.15. The van der Waals surface area contributed by atoms with Gasteiger partial charge in [-0.3, -0.25) is 0 Å². The van der Waals surface area contributed by atoms with Crippen LogP contribution < -0.4 is 0 Å². The Hall–Kier alpha value is -3.68. The van der Waals surface area contributed by atoms with E-state index in [1.54, 1.807) is 60.7 Å². The van der Waals surface area contributed by atoms with Crippen LogP contribution in [0.5, 0.6) is 0 Å². The van der Waals surface area contributed by atoms with Crippen LogP contribution in [0.1, 0.15) is 15.1 Å². The predicted octanol–water partition coefficient (Wildman–Crippen LogP) is 9.76. The molecule has 0 spiro atoms. The van der Waals surface area contributed by atoms with E-state index in [0.29, 0.717) is 11.1 Å². The molecule has 0 radical (unpaired) electrons. The third-order valence-corrected chi connectivity index (χ3v) is 6.23. The summed E-state index contributed by atoms with van der Waals surface area (Å²) in [5, 5.41) is -0.282. The zero-order valence-corrected chi connectivity index (χ0v) is 18.7. The van der Waals surface area contributed by atoms with Gasteiger partial charge in [0, 0.05) is 4.47 Å². The summed E-state index contributed by atoms with van der Waals surface area (Å²) < 4.78 is 97.4. The van der Waals surface area contributed by atoms with E-state index >= 15 is 0 Å². The van der Waals surface area contributed by atoms with Crippen molar-refractivity contribution in [3.63, 3.8) is 0 Å². The first kappa shape index (κ1) is 11.4. The van der Waals surface area contributed by atoms with Gasteiger partial charge in [0.2, 0.25) is 0 Å². The molecule has 1 heteroatoms. The summed E-state index contributed by atoms with van der Waals surface area (Å²) in [6.07, 6.45) is 0. The Balaban J connectivity index is 2.00. The molecular weight excluding hydrogens is 464 g/mol. The summed E-state index contributed by atoms with van der Waals surface area (Å²) in [4.78, 5) is 0. The number of halogens is 1. The summed E-state index contributed by atoms with van der Waals surface area (Å²) >= 11 is 3.41. The van der Waals surface area contributed by atoms with Crippen LogP contribution in [-0.2, 0) is 0 Å². The van der Waals surface area contributed by atoms with Crippen molar-refractivity contribution in [2.45, 2.75) is 0 Å². The second kappa shape index (κ2) is 8.35. The molecule has 0 aliphatic rings. The number of hydrogen-bond acceptors (Lipinski definition) is 0. The van der Waals surface area contributed by atoms with Crippen molar-refractivity contribution in [2.75, 3.05) is 0 Å². The molecule has 0 nitrogen and oxygen atoms in total. The number of benzene rings is 6. The fourth-order valence-electron chi connectivity index (χ4n) is 3.92. The molecule has 0 fully saturated rings. The number of rotatable bonds is 3. The Morgan fingerprint density at radius 1 is 0.455 bits per heavy atom. The molecule has 0 unspecified atom stereocenters. The monoisotopic (exact) mass is 495 g/mol. The molecule has 6 rings (SSSR count). The fourth-order valence-corrected chi connectivity index (χ4v) is 4.52. The highest BCUT2D eigenvalue weighted by Crippen LogP contribution is 2.43. The maximum absolute atomic E-state index is 9.47. The van der Waals surface area contributed by atoms with E-state index in [1.165, 1.54) is 0 Å². The Morgan fingerprint density at radius 3 is 1.30 bits per heavy atom. The van der Waals surface area contributed by atoms with E-state index in [0.717, 1.165) is 0 Å². The molecule has 6 aromatic carbocycles. The molecule has 0 bridgehead atoms. The lowest BCUT2D eigenvalue weighted by Crippen LogP contribution is -1.90. The first-order valence-corrected chi connectivity index (χ1v) is 11.1. The van der Waals surface area contributed by atoms with Crippen LogP contribution in [0.2, 0.25) is 0 Å². The van der Waals surface area contributed by atoms with Gasteiger partial charge >= 0.3 is 0 Å². The van der Waals surface area contributed by atoms with Gasteiger partial charge in [-0.05, 0) is 89.0 Å². The molecule has 0 amide bonds. The topological polar surface area (TPSA) is 0 Å². The first-order chi connectivity index (χ1) is 20.9. The third-order valence-electron chi connectivity index (χ3n) is 5.44. The minimum absolute atomic E-state index is 0.0418. The van der Waals surface area contributed by atoms with Crippen molar-refractivity contribution >= 4 is 37.5 Å². The van der Waals surface area contributed by atoms with Gasteiger partial charge in [0.25, 0.3) is 0 Å². The van der Waals surface area contributed by atoms with E-state index in [-0.39, 0.29) is 66.4 Å². The number of fused-ring (bicyclic) bond motifs is 2. The standard InChI is InChI=1S/C32H21Br/c33-32-29-17-9-7-15-27(29)31(28-16-8-10-18-30(28)32)26-20-24(22-11-3-1-4-12-22)19-25(21-26)23-13-5-2-6-14-23/h1-21H/i7D,8D,9D,10D,15D,16D,17D,18D,19D,20D,21D. The molecule has 0 heterocycles. The average molecular weight is 496 g/mol. The van der Waals surface area contributed by atoms with Crippen molar-refractivity contribution in [1.29, 1.82) is 0 Å². The van der Waals surface area contributed by atoms with Crippen LogP contribution in [0, 0.1) is 0 Å². The van der Waals surface area contributed by atoms with Gasteiger partial charge in [-0.1, -0.05) is 109 Å². The van der Waals surface area contributed by atoms with Crippen molar-refractivity contribution in [3.05, 3.63) is 132 Å². The van der Waals surface area contributed by atoms with Gasteiger partial charge in [0.15, 0.2) is 0 Å². The molecule has 156 valence electrons. The van der Waals surface area contributed by atoms with Crippen LogP contribution in [-0.4, -0.2) is 0 Å².